The largest absolute Gasteiger partial charge is 0.480 e. The summed E-state index contributed by atoms with van der Waals surface area (Å²) in [6.45, 7) is 0.105. The summed E-state index contributed by atoms with van der Waals surface area (Å²) in [5.41, 5.74) is 11.3. The molecule has 1 aliphatic carbocycles. The van der Waals surface area contributed by atoms with Crippen molar-refractivity contribution in [1.82, 2.24) is 15.3 Å². The number of nitrogens with one attached hydrogen (secondary N) is 1. The maximum Gasteiger partial charge on any atom is 0.407 e. The Labute approximate surface area is 195 Å². The molecule has 1 aliphatic rings. The van der Waals surface area contributed by atoms with Gasteiger partial charge in [0.1, 0.15) is 12.6 Å². The van der Waals surface area contributed by atoms with Gasteiger partial charge in [-0.1, -0.05) is 60.7 Å². The number of hydrogen-bond donors (Lipinski definition) is 3. The van der Waals surface area contributed by atoms with E-state index >= 15 is 0 Å². The highest BCUT2D eigenvalue weighted by molar-refractivity contribution is 5.85. The first-order chi connectivity index (χ1) is 16.5. The van der Waals surface area contributed by atoms with E-state index in [0.29, 0.717) is 16.5 Å². The zero-order valence-electron chi connectivity index (χ0n) is 18.1. The molecule has 4 N–H and O–H groups in total. The Morgan fingerprint density at radius 2 is 1.68 bits per heavy atom. The number of rotatable bonds is 6. The van der Waals surface area contributed by atoms with E-state index in [4.69, 9.17) is 10.5 Å². The number of ether oxygens (including phenoxy) is 1. The van der Waals surface area contributed by atoms with Crippen LogP contribution in [0.4, 0.5) is 10.7 Å². The molecule has 1 atom stereocenters. The summed E-state index contributed by atoms with van der Waals surface area (Å²) in [4.78, 5) is 32.7. The predicted octanol–water partition coefficient (Wildman–Crippen LogP) is 3.75. The van der Waals surface area contributed by atoms with Crippen LogP contribution in [-0.4, -0.2) is 39.8 Å². The van der Waals surface area contributed by atoms with Gasteiger partial charge in [-0.15, -0.1) is 0 Å². The molecule has 34 heavy (non-hydrogen) atoms. The first-order valence-electron chi connectivity index (χ1n) is 10.9. The lowest BCUT2D eigenvalue weighted by atomic mass is 9.98. The van der Waals surface area contributed by atoms with Gasteiger partial charge in [-0.3, -0.25) is 0 Å². The van der Waals surface area contributed by atoms with Crippen LogP contribution in [-0.2, 0) is 16.0 Å². The number of carboxylic acids is 1. The molecular formula is C26H22N4O4. The Morgan fingerprint density at radius 1 is 1.00 bits per heavy atom. The smallest absolute Gasteiger partial charge is 0.407 e. The van der Waals surface area contributed by atoms with E-state index in [0.717, 1.165) is 22.3 Å². The topological polar surface area (TPSA) is 127 Å². The molecule has 1 aromatic heterocycles. The van der Waals surface area contributed by atoms with Crippen molar-refractivity contribution in [2.45, 2.75) is 18.4 Å². The van der Waals surface area contributed by atoms with Crippen molar-refractivity contribution in [2.75, 3.05) is 12.3 Å². The molecule has 8 heteroatoms. The first-order valence-corrected chi connectivity index (χ1v) is 10.9. The van der Waals surface area contributed by atoms with E-state index in [1.165, 1.54) is 0 Å². The van der Waals surface area contributed by atoms with Crippen LogP contribution in [0.1, 0.15) is 22.6 Å². The second-order valence-electron chi connectivity index (χ2n) is 8.14. The third kappa shape index (κ3) is 4.01. The minimum atomic E-state index is -1.18. The summed E-state index contributed by atoms with van der Waals surface area (Å²) < 4.78 is 5.51. The molecule has 1 amide bonds. The van der Waals surface area contributed by atoms with Crippen LogP contribution in [0.2, 0.25) is 0 Å². The minimum Gasteiger partial charge on any atom is -0.480 e. The average molecular weight is 454 g/mol. The summed E-state index contributed by atoms with van der Waals surface area (Å²) >= 11 is 0. The van der Waals surface area contributed by atoms with Crippen LogP contribution < -0.4 is 11.1 Å². The summed E-state index contributed by atoms with van der Waals surface area (Å²) in [6.07, 6.45) is 0.818. The zero-order valence-corrected chi connectivity index (χ0v) is 18.1. The Balaban J connectivity index is 1.30. The van der Waals surface area contributed by atoms with E-state index in [2.05, 4.69) is 27.4 Å². The third-order valence-electron chi connectivity index (χ3n) is 6.09. The number of hydrogen-bond acceptors (Lipinski definition) is 6. The van der Waals surface area contributed by atoms with Crippen molar-refractivity contribution in [3.63, 3.8) is 0 Å². The zero-order chi connectivity index (χ0) is 23.7. The van der Waals surface area contributed by atoms with Crippen molar-refractivity contribution in [2.24, 2.45) is 0 Å². The molecule has 0 saturated carbocycles. The number of anilines is 1. The first kappa shape index (κ1) is 21.4. The monoisotopic (exact) mass is 454 g/mol. The predicted molar refractivity (Wildman–Crippen MR) is 127 cm³/mol. The number of benzene rings is 3. The second-order valence-corrected chi connectivity index (χ2v) is 8.14. The number of fused-ring (bicyclic) bond motifs is 4. The van der Waals surface area contributed by atoms with E-state index in [9.17, 15) is 14.7 Å². The fourth-order valence-electron chi connectivity index (χ4n) is 4.51. The molecule has 5 rings (SSSR count). The number of carboxylic acid groups (broad SMARTS) is 1. The Bertz CT molecular complexity index is 1360. The van der Waals surface area contributed by atoms with Gasteiger partial charge >= 0.3 is 12.1 Å². The van der Waals surface area contributed by atoms with Crippen molar-refractivity contribution in [1.29, 1.82) is 0 Å². The van der Waals surface area contributed by atoms with E-state index in [1.807, 2.05) is 36.4 Å². The number of carbonyl (C=O) groups is 2. The van der Waals surface area contributed by atoms with Crippen LogP contribution in [0.3, 0.4) is 0 Å². The molecule has 0 unspecified atom stereocenters. The van der Waals surface area contributed by atoms with Gasteiger partial charge in [-0.2, -0.15) is 0 Å². The van der Waals surface area contributed by atoms with Crippen LogP contribution in [0.25, 0.3) is 22.0 Å². The molecule has 8 nitrogen and oxygen atoms in total. The summed E-state index contributed by atoms with van der Waals surface area (Å²) in [5, 5.41) is 12.9. The highest BCUT2D eigenvalue weighted by atomic mass is 16.5. The lowest BCUT2D eigenvalue weighted by Gasteiger charge is -2.18. The van der Waals surface area contributed by atoms with E-state index in [-0.39, 0.29) is 24.9 Å². The van der Waals surface area contributed by atoms with Crippen LogP contribution in [0.5, 0.6) is 0 Å². The summed E-state index contributed by atoms with van der Waals surface area (Å²) in [6, 6.07) is 20.2. The highest BCUT2D eigenvalue weighted by Gasteiger charge is 2.30. The number of amides is 1. The number of aromatic nitrogens is 2. The van der Waals surface area contributed by atoms with Crippen molar-refractivity contribution >= 4 is 28.9 Å². The maximum absolute atomic E-state index is 12.6. The number of nitrogens with two attached hydrogens (primary N) is 1. The van der Waals surface area contributed by atoms with Gasteiger partial charge in [0.15, 0.2) is 0 Å². The highest BCUT2D eigenvalue weighted by Crippen LogP contribution is 2.44. The van der Waals surface area contributed by atoms with Crippen molar-refractivity contribution in [3.05, 3.63) is 89.6 Å². The molecule has 0 spiro atoms. The number of aliphatic carboxylic acids is 1. The molecule has 4 aromatic rings. The Hall–Kier alpha value is -4.46. The number of carbonyl (C=O) groups excluding carboxylic acids is 1. The van der Waals surface area contributed by atoms with Gasteiger partial charge in [0.25, 0.3) is 0 Å². The summed E-state index contributed by atoms with van der Waals surface area (Å²) in [5.74, 6) is -1.14. The van der Waals surface area contributed by atoms with Gasteiger partial charge in [-0.25, -0.2) is 19.6 Å². The van der Waals surface area contributed by atoms with Crippen molar-refractivity contribution in [3.8, 4) is 11.1 Å². The normalized spacial score (nSPS) is 13.2. The molecular weight excluding hydrogens is 432 g/mol. The lowest BCUT2D eigenvalue weighted by molar-refractivity contribution is -0.139. The van der Waals surface area contributed by atoms with Crippen LogP contribution in [0, 0.1) is 0 Å². The molecule has 0 aliphatic heterocycles. The van der Waals surface area contributed by atoms with Crippen molar-refractivity contribution < 1.29 is 19.4 Å². The van der Waals surface area contributed by atoms with E-state index < -0.39 is 18.1 Å². The molecule has 0 saturated heterocycles. The third-order valence-corrected chi connectivity index (χ3v) is 6.09. The number of alkyl carbamates (subject to hydrolysis) is 1. The van der Waals surface area contributed by atoms with Crippen LogP contribution in [0.15, 0.2) is 72.9 Å². The van der Waals surface area contributed by atoms with Gasteiger partial charge in [0.05, 0.1) is 5.52 Å². The summed E-state index contributed by atoms with van der Waals surface area (Å²) in [7, 11) is 0. The molecule has 0 fully saturated rings. The molecule has 1 heterocycles. The van der Waals surface area contributed by atoms with Gasteiger partial charge in [0.2, 0.25) is 5.95 Å². The lowest BCUT2D eigenvalue weighted by Crippen LogP contribution is -2.43. The average Bonchev–Trinajstić information content (AvgIpc) is 3.16. The van der Waals surface area contributed by atoms with Gasteiger partial charge in [0, 0.05) is 23.9 Å². The van der Waals surface area contributed by atoms with Gasteiger partial charge < -0.3 is 20.9 Å². The molecule has 0 radical (unpaired) electrons. The standard InChI is InChI=1S/C26H22N4O4/c27-25-28-13-20-15(6-5-11-22(20)29-25)12-23(24(31)32)30-26(33)34-14-21-18-9-3-1-7-16(18)17-8-2-4-10-19(17)21/h1-11,13,21,23H,12,14H2,(H,30,33)(H,31,32)(H2,27,28,29)/t23-/m1/s1. The van der Waals surface area contributed by atoms with Gasteiger partial charge in [-0.05, 0) is 33.9 Å². The van der Waals surface area contributed by atoms with Crippen LogP contribution >= 0.6 is 0 Å². The maximum atomic E-state index is 12.6. The Morgan fingerprint density at radius 3 is 2.35 bits per heavy atom. The second kappa shape index (κ2) is 8.82. The fraction of sp³-hybridized carbons (Fsp3) is 0.154. The van der Waals surface area contributed by atoms with E-state index in [1.54, 1.807) is 24.4 Å². The molecule has 0 bridgehead atoms. The molecule has 3 aromatic carbocycles. The Kier molecular flexibility index (Phi) is 5.55. The molecule has 170 valence electrons. The number of nitrogens with zero attached hydrogens (tertiary/aromatic N) is 2. The fourth-order valence-corrected chi connectivity index (χ4v) is 4.51. The minimum absolute atomic E-state index is 0.0458. The quantitative estimate of drug-likeness (QED) is 0.405. The number of nitrogen functional groups attached to an aromatic ring is 1. The SMILES string of the molecule is Nc1ncc2c(C[C@@H](NC(=O)OCC3c4ccccc4-c4ccccc43)C(=O)O)cccc2n1.